The molecule has 1 aromatic carbocycles. The molecule has 0 spiro atoms. The van der Waals surface area contributed by atoms with E-state index < -0.39 is 0 Å². The van der Waals surface area contributed by atoms with Crippen LogP contribution in [-0.4, -0.2) is 10.8 Å². The maximum atomic E-state index is 12.1. The third kappa shape index (κ3) is 3.04. The van der Waals surface area contributed by atoms with Crippen LogP contribution in [0.15, 0.2) is 42.7 Å². The summed E-state index contributed by atoms with van der Waals surface area (Å²) in [5, 5.41) is 0. The highest BCUT2D eigenvalue weighted by molar-refractivity contribution is 5.97. The Labute approximate surface area is 108 Å². The first-order chi connectivity index (χ1) is 8.66. The second-order valence-electron chi connectivity index (χ2n) is 4.60. The van der Waals surface area contributed by atoms with E-state index in [1.807, 2.05) is 13.0 Å². The van der Waals surface area contributed by atoms with Crippen molar-refractivity contribution in [2.45, 2.75) is 26.7 Å². The van der Waals surface area contributed by atoms with Crippen molar-refractivity contribution in [1.82, 2.24) is 4.98 Å². The maximum Gasteiger partial charge on any atom is 0.165 e. The molecule has 0 aliphatic rings. The molecule has 1 aromatic heterocycles. The molecule has 0 fully saturated rings. The number of hydrogen-bond donors (Lipinski definition) is 0. The molecule has 2 aromatic rings. The molecule has 2 nitrogen and oxygen atoms in total. The van der Waals surface area contributed by atoms with Gasteiger partial charge in [0.2, 0.25) is 0 Å². The van der Waals surface area contributed by atoms with E-state index in [2.05, 4.69) is 36.2 Å². The SMILES string of the molecule is Cc1ccc(CCC(=O)c2cnccc2C)cc1. The first-order valence-corrected chi connectivity index (χ1v) is 6.16. The lowest BCUT2D eigenvalue weighted by Gasteiger charge is -2.04. The highest BCUT2D eigenvalue weighted by Gasteiger charge is 2.08. The van der Waals surface area contributed by atoms with Crippen molar-refractivity contribution in [3.05, 3.63) is 65.0 Å². The number of aryl methyl sites for hydroxylation is 3. The van der Waals surface area contributed by atoms with Crippen molar-refractivity contribution in [3.8, 4) is 0 Å². The number of benzene rings is 1. The molecule has 0 radical (unpaired) electrons. The second kappa shape index (κ2) is 5.58. The molecule has 0 saturated carbocycles. The summed E-state index contributed by atoms with van der Waals surface area (Å²) in [5.74, 6) is 0.168. The summed E-state index contributed by atoms with van der Waals surface area (Å²) < 4.78 is 0. The minimum absolute atomic E-state index is 0.168. The van der Waals surface area contributed by atoms with Crippen molar-refractivity contribution >= 4 is 5.78 Å². The number of carbonyl (C=O) groups excluding carboxylic acids is 1. The zero-order valence-corrected chi connectivity index (χ0v) is 10.8. The molecule has 0 saturated heterocycles. The highest BCUT2D eigenvalue weighted by Crippen LogP contribution is 2.11. The Bertz CT molecular complexity index is 543. The minimum atomic E-state index is 0.168. The van der Waals surface area contributed by atoms with Crippen molar-refractivity contribution in [3.63, 3.8) is 0 Å². The average molecular weight is 239 g/mol. The van der Waals surface area contributed by atoms with Gasteiger partial charge in [0, 0.05) is 24.4 Å². The molecule has 2 heteroatoms. The number of ketones is 1. The smallest absolute Gasteiger partial charge is 0.165 e. The molecular weight excluding hydrogens is 222 g/mol. The van der Waals surface area contributed by atoms with E-state index >= 15 is 0 Å². The minimum Gasteiger partial charge on any atom is -0.294 e. The van der Waals surface area contributed by atoms with E-state index in [4.69, 9.17) is 0 Å². The second-order valence-corrected chi connectivity index (χ2v) is 4.60. The first kappa shape index (κ1) is 12.5. The van der Waals surface area contributed by atoms with Gasteiger partial charge in [-0.1, -0.05) is 29.8 Å². The Kier molecular flexibility index (Phi) is 3.88. The summed E-state index contributed by atoms with van der Waals surface area (Å²) in [6.07, 6.45) is 4.70. The summed E-state index contributed by atoms with van der Waals surface area (Å²) in [4.78, 5) is 16.1. The van der Waals surface area contributed by atoms with Gasteiger partial charge in [0.05, 0.1) is 0 Å². The van der Waals surface area contributed by atoms with Gasteiger partial charge in [-0.15, -0.1) is 0 Å². The van der Waals surface area contributed by atoms with E-state index in [1.165, 1.54) is 11.1 Å². The topological polar surface area (TPSA) is 30.0 Å². The lowest BCUT2D eigenvalue weighted by Crippen LogP contribution is -2.04. The molecule has 2 rings (SSSR count). The van der Waals surface area contributed by atoms with E-state index in [1.54, 1.807) is 12.4 Å². The van der Waals surface area contributed by atoms with E-state index in [-0.39, 0.29) is 5.78 Å². The molecule has 1 heterocycles. The summed E-state index contributed by atoms with van der Waals surface area (Å²) >= 11 is 0. The molecule has 92 valence electrons. The molecule has 0 unspecified atom stereocenters. The number of aromatic nitrogens is 1. The van der Waals surface area contributed by atoms with Crippen LogP contribution in [0.5, 0.6) is 0 Å². The van der Waals surface area contributed by atoms with E-state index in [0.717, 1.165) is 17.5 Å². The molecular formula is C16H17NO. The van der Waals surface area contributed by atoms with Crippen molar-refractivity contribution in [2.24, 2.45) is 0 Å². The molecule has 0 atom stereocenters. The van der Waals surface area contributed by atoms with Gasteiger partial charge in [0.25, 0.3) is 0 Å². The van der Waals surface area contributed by atoms with Crippen LogP contribution in [-0.2, 0) is 6.42 Å². The molecule has 0 bridgehead atoms. The molecule has 0 amide bonds. The fourth-order valence-corrected chi connectivity index (χ4v) is 1.90. The highest BCUT2D eigenvalue weighted by atomic mass is 16.1. The molecule has 0 aliphatic heterocycles. The van der Waals surface area contributed by atoms with Gasteiger partial charge >= 0.3 is 0 Å². The van der Waals surface area contributed by atoms with Crippen LogP contribution in [0.1, 0.15) is 33.5 Å². The number of rotatable bonds is 4. The number of hydrogen-bond acceptors (Lipinski definition) is 2. The van der Waals surface area contributed by atoms with Crippen molar-refractivity contribution in [1.29, 1.82) is 0 Å². The first-order valence-electron chi connectivity index (χ1n) is 6.16. The number of carbonyl (C=O) groups is 1. The largest absolute Gasteiger partial charge is 0.294 e. The number of Topliss-reactive ketones (excluding diaryl/α,β-unsaturated/α-hetero) is 1. The lowest BCUT2D eigenvalue weighted by molar-refractivity contribution is 0.0982. The number of pyridine rings is 1. The van der Waals surface area contributed by atoms with Gasteiger partial charge in [0.15, 0.2) is 5.78 Å². The van der Waals surface area contributed by atoms with Crippen LogP contribution in [0.4, 0.5) is 0 Å². The van der Waals surface area contributed by atoms with Gasteiger partial charge in [0.1, 0.15) is 0 Å². The van der Waals surface area contributed by atoms with Crippen LogP contribution in [0.2, 0.25) is 0 Å². The van der Waals surface area contributed by atoms with Crippen LogP contribution in [0.25, 0.3) is 0 Å². The lowest BCUT2D eigenvalue weighted by atomic mass is 10.0. The van der Waals surface area contributed by atoms with Crippen LogP contribution in [0.3, 0.4) is 0 Å². The monoisotopic (exact) mass is 239 g/mol. The predicted molar refractivity (Wildman–Crippen MR) is 72.8 cm³/mol. The van der Waals surface area contributed by atoms with Crippen LogP contribution < -0.4 is 0 Å². The van der Waals surface area contributed by atoms with Crippen molar-refractivity contribution in [2.75, 3.05) is 0 Å². The fourth-order valence-electron chi connectivity index (χ4n) is 1.90. The molecule has 18 heavy (non-hydrogen) atoms. The fraction of sp³-hybridized carbons (Fsp3) is 0.250. The van der Waals surface area contributed by atoms with Gasteiger partial charge in [-0.25, -0.2) is 0 Å². The summed E-state index contributed by atoms with van der Waals surface area (Å²) in [5.41, 5.74) is 4.19. The quantitative estimate of drug-likeness (QED) is 0.764. The van der Waals surface area contributed by atoms with E-state index in [0.29, 0.717) is 6.42 Å². The third-order valence-corrected chi connectivity index (χ3v) is 3.10. The molecule has 0 aliphatic carbocycles. The van der Waals surface area contributed by atoms with E-state index in [9.17, 15) is 4.79 Å². The Morgan fingerprint density at radius 2 is 1.83 bits per heavy atom. The Morgan fingerprint density at radius 1 is 1.11 bits per heavy atom. The normalized spacial score (nSPS) is 10.3. The predicted octanol–water partition coefficient (Wildman–Crippen LogP) is 3.51. The Morgan fingerprint density at radius 3 is 2.50 bits per heavy atom. The van der Waals surface area contributed by atoms with Crippen molar-refractivity contribution < 1.29 is 4.79 Å². The van der Waals surface area contributed by atoms with Crippen LogP contribution in [0, 0.1) is 13.8 Å². The van der Waals surface area contributed by atoms with Gasteiger partial charge < -0.3 is 0 Å². The third-order valence-electron chi connectivity index (χ3n) is 3.10. The van der Waals surface area contributed by atoms with Gasteiger partial charge in [-0.05, 0) is 37.5 Å². The summed E-state index contributed by atoms with van der Waals surface area (Å²) in [6, 6.07) is 10.2. The zero-order chi connectivity index (χ0) is 13.0. The number of nitrogens with zero attached hydrogens (tertiary/aromatic N) is 1. The Balaban J connectivity index is 2.01. The molecule has 0 N–H and O–H groups in total. The summed E-state index contributed by atoms with van der Waals surface area (Å²) in [7, 11) is 0. The van der Waals surface area contributed by atoms with Crippen LogP contribution >= 0.6 is 0 Å². The van der Waals surface area contributed by atoms with Gasteiger partial charge in [-0.3, -0.25) is 9.78 Å². The average Bonchev–Trinajstić information content (AvgIpc) is 2.38. The Hall–Kier alpha value is -1.96. The zero-order valence-electron chi connectivity index (χ0n) is 10.8. The summed E-state index contributed by atoms with van der Waals surface area (Å²) in [6.45, 7) is 4.01. The van der Waals surface area contributed by atoms with Gasteiger partial charge in [-0.2, -0.15) is 0 Å². The standard InChI is InChI=1S/C16H17NO/c1-12-3-5-14(6-4-12)7-8-16(18)15-11-17-10-9-13(15)2/h3-6,9-11H,7-8H2,1-2H3. The maximum absolute atomic E-state index is 12.1.